The van der Waals surface area contributed by atoms with Crippen LogP contribution in [-0.2, 0) is 13.0 Å². The van der Waals surface area contributed by atoms with E-state index in [4.69, 9.17) is 18.9 Å². The molecule has 166 valence electrons. The summed E-state index contributed by atoms with van der Waals surface area (Å²) in [7, 11) is 0. The quantitative estimate of drug-likeness (QED) is 0.196. The zero-order valence-electron chi connectivity index (χ0n) is 17.3. The molecule has 0 aliphatic carbocycles. The second-order valence-electron chi connectivity index (χ2n) is 6.95. The first-order chi connectivity index (χ1) is 14.9. The molecule has 0 bridgehead atoms. The van der Waals surface area contributed by atoms with Crippen LogP contribution in [0.3, 0.4) is 0 Å². The lowest BCUT2D eigenvalue weighted by molar-refractivity contribution is 0.297. The van der Waals surface area contributed by atoms with Crippen molar-refractivity contribution in [3.8, 4) is 11.5 Å². The number of fused-ring (bicyclic) bond motifs is 1. The molecule has 9 heteroatoms. The summed E-state index contributed by atoms with van der Waals surface area (Å²) in [5.41, 5.74) is 0.899. The van der Waals surface area contributed by atoms with Crippen molar-refractivity contribution in [2.24, 2.45) is 4.99 Å². The summed E-state index contributed by atoms with van der Waals surface area (Å²) < 4.78 is 18.8. The molecule has 0 saturated carbocycles. The van der Waals surface area contributed by atoms with Gasteiger partial charge in [0.2, 0.25) is 0 Å². The Morgan fingerprint density at radius 3 is 2.84 bits per heavy atom. The molecule has 2 aromatic heterocycles. The van der Waals surface area contributed by atoms with Crippen molar-refractivity contribution in [1.29, 1.82) is 0 Å². The number of rotatable bonds is 8. The Morgan fingerprint density at radius 2 is 2.03 bits per heavy atom. The van der Waals surface area contributed by atoms with Gasteiger partial charge in [-0.3, -0.25) is 9.67 Å². The van der Waals surface area contributed by atoms with Gasteiger partial charge in [0, 0.05) is 56.6 Å². The molecule has 1 aliphatic rings. The molecule has 1 aliphatic heterocycles. The van der Waals surface area contributed by atoms with E-state index in [0.29, 0.717) is 26.3 Å². The highest BCUT2D eigenvalue weighted by molar-refractivity contribution is 14.0. The van der Waals surface area contributed by atoms with Crippen molar-refractivity contribution in [3.05, 3.63) is 60.8 Å². The van der Waals surface area contributed by atoms with E-state index in [1.54, 1.807) is 12.5 Å². The van der Waals surface area contributed by atoms with Crippen LogP contribution in [0.2, 0.25) is 0 Å². The van der Waals surface area contributed by atoms with E-state index in [0.717, 1.165) is 54.7 Å². The van der Waals surface area contributed by atoms with Crippen LogP contribution in [0.5, 0.6) is 11.5 Å². The Bertz CT molecular complexity index is 929. The molecule has 0 fully saturated rings. The Kier molecular flexibility index (Phi) is 9.07. The predicted molar refractivity (Wildman–Crippen MR) is 131 cm³/mol. The van der Waals surface area contributed by atoms with E-state index in [-0.39, 0.29) is 24.0 Å². The van der Waals surface area contributed by atoms with Gasteiger partial charge in [0.1, 0.15) is 5.76 Å². The Labute approximate surface area is 199 Å². The lowest BCUT2D eigenvalue weighted by Gasteiger charge is -2.14. The van der Waals surface area contributed by atoms with E-state index in [9.17, 15) is 0 Å². The van der Waals surface area contributed by atoms with Crippen LogP contribution >= 0.6 is 24.0 Å². The minimum absolute atomic E-state index is 0. The highest BCUT2D eigenvalue weighted by atomic mass is 127. The van der Waals surface area contributed by atoms with Gasteiger partial charge in [0.15, 0.2) is 17.5 Å². The average Bonchev–Trinajstić information content (AvgIpc) is 3.42. The summed E-state index contributed by atoms with van der Waals surface area (Å²) in [6.45, 7) is 3.56. The Hall–Kier alpha value is -2.69. The highest BCUT2D eigenvalue weighted by Gasteiger charge is 2.11. The third kappa shape index (κ3) is 7.20. The molecule has 0 radical (unpaired) electrons. The van der Waals surface area contributed by atoms with Gasteiger partial charge in [-0.1, -0.05) is 0 Å². The number of furan rings is 1. The molecule has 3 aromatic rings. The summed E-state index contributed by atoms with van der Waals surface area (Å²) in [5, 5.41) is 11.0. The molecule has 31 heavy (non-hydrogen) atoms. The first kappa shape index (κ1) is 23.0. The fraction of sp³-hybridized carbons (Fsp3) is 0.364. The summed E-state index contributed by atoms with van der Waals surface area (Å²) in [4.78, 5) is 4.72. The molecule has 2 N–H and O–H groups in total. The molecule has 0 atom stereocenters. The number of hydrogen-bond donors (Lipinski definition) is 2. The van der Waals surface area contributed by atoms with E-state index in [1.165, 1.54) is 0 Å². The fourth-order valence-electron chi connectivity index (χ4n) is 3.13. The molecule has 3 heterocycles. The highest BCUT2D eigenvalue weighted by Crippen LogP contribution is 2.32. The number of nitrogens with zero attached hydrogens (tertiary/aromatic N) is 3. The second kappa shape index (κ2) is 12.2. The molecule has 1 aromatic carbocycles. The number of nitrogens with one attached hydrogen (secondary N) is 2. The van der Waals surface area contributed by atoms with Crippen LogP contribution < -0.4 is 20.1 Å². The van der Waals surface area contributed by atoms with Crippen molar-refractivity contribution >= 4 is 35.6 Å². The van der Waals surface area contributed by atoms with Crippen molar-refractivity contribution in [3.63, 3.8) is 0 Å². The number of benzene rings is 1. The normalized spacial score (nSPS) is 13.2. The summed E-state index contributed by atoms with van der Waals surface area (Å²) in [6, 6.07) is 11.7. The first-order valence-electron chi connectivity index (χ1n) is 10.3. The molecule has 0 unspecified atom stereocenters. The zero-order valence-corrected chi connectivity index (χ0v) is 19.7. The molecule has 0 saturated heterocycles. The van der Waals surface area contributed by atoms with Gasteiger partial charge in [-0.05, 0) is 36.8 Å². The number of halogens is 1. The number of aromatic nitrogens is 2. The van der Waals surface area contributed by atoms with Crippen LogP contribution in [0.15, 0.2) is 64.5 Å². The third-order valence-corrected chi connectivity index (χ3v) is 4.63. The summed E-state index contributed by atoms with van der Waals surface area (Å²) >= 11 is 0. The minimum atomic E-state index is 0. The van der Waals surface area contributed by atoms with Crippen LogP contribution in [0.4, 0.5) is 5.69 Å². The van der Waals surface area contributed by atoms with E-state index in [2.05, 4.69) is 15.7 Å². The van der Waals surface area contributed by atoms with Crippen LogP contribution in [0.1, 0.15) is 18.6 Å². The second-order valence-corrected chi connectivity index (χ2v) is 6.95. The first-order valence-corrected chi connectivity index (χ1v) is 10.3. The molecular formula is C22H28IN5O3. The number of hydrogen-bond acceptors (Lipinski definition) is 5. The molecule has 0 spiro atoms. The van der Waals surface area contributed by atoms with Crippen molar-refractivity contribution in [2.45, 2.75) is 25.8 Å². The topological polar surface area (TPSA) is 85.8 Å². The van der Waals surface area contributed by atoms with Crippen molar-refractivity contribution < 1.29 is 13.9 Å². The Morgan fingerprint density at radius 1 is 1.13 bits per heavy atom. The van der Waals surface area contributed by atoms with Gasteiger partial charge >= 0.3 is 0 Å². The lowest BCUT2D eigenvalue weighted by atomic mass is 10.2. The Balaban J connectivity index is 0.00000272. The van der Waals surface area contributed by atoms with Gasteiger partial charge in [0.05, 0.1) is 19.5 Å². The van der Waals surface area contributed by atoms with Gasteiger partial charge in [-0.25, -0.2) is 0 Å². The fourth-order valence-corrected chi connectivity index (χ4v) is 3.13. The predicted octanol–water partition coefficient (Wildman–Crippen LogP) is 3.95. The summed E-state index contributed by atoms with van der Waals surface area (Å²) in [5.74, 6) is 3.19. The van der Waals surface area contributed by atoms with E-state index in [1.807, 2.05) is 47.3 Å². The average molecular weight is 537 g/mol. The van der Waals surface area contributed by atoms with Crippen LogP contribution in [-0.4, -0.2) is 42.0 Å². The lowest BCUT2D eigenvalue weighted by Crippen LogP contribution is -2.32. The number of aryl methyl sites for hydroxylation is 1. The number of anilines is 1. The smallest absolute Gasteiger partial charge is 0.195 e. The monoisotopic (exact) mass is 537 g/mol. The van der Waals surface area contributed by atoms with Crippen molar-refractivity contribution in [1.82, 2.24) is 15.1 Å². The van der Waals surface area contributed by atoms with Crippen molar-refractivity contribution in [2.75, 3.05) is 31.6 Å². The maximum atomic E-state index is 5.79. The van der Waals surface area contributed by atoms with Crippen LogP contribution in [0, 0.1) is 0 Å². The van der Waals surface area contributed by atoms with E-state index >= 15 is 0 Å². The van der Waals surface area contributed by atoms with Gasteiger partial charge < -0.3 is 24.5 Å². The standard InChI is InChI=1S/C22H27N5O3.HI/c1-5-19(28-14-1)8-11-24-22(23-9-2-12-27-13-3-10-25-27)26-18-6-7-20-21(17-18)30-16-4-15-29-20;/h1,3,5-7,10,13-14,17H,2,4,8-9,11-12,15-16H2,(H2,23,24,26);1H. The number of guanidine groups is 1. The maximum absolute atomic E-state index is 5.79. The number of ether oxygens (including phenoxy) is 2. The van der Waals surface area contributed by atoms with Gasteiger partial charge in [-0.15, -0.1) is 24.0 Å². The summed E-state index contributed by atoms with van der Waals surface area (Å²) in [6.07, 6.45) is 8.00. The molecular weight excluding hydrogens is 509 g/mol. The largest absolute Gasteiger partial charge is 0.490 e. The SMILES string of the molecule is I.c1coc(CCNC(=NCCCn2cccn2)Nc2ccc3c(c2)OCCCO3)c1. The zero-order chi connectivity index (χ0) is 20.4. The van der Waals surface area contributed by atoms with Gasteiger partial charge in [0.25, 0.3) is 0 Å². The molecule has 0 amide bonds. The molecule has 8 nitrogen and oxygen atoms in total. The maximum Gasteiger partial charge on any atom is 0.195 e. The molecule has 4 rings (SSSR count). The third-order valence-electron chi connectivity index (χ3n) is 4.63. The van der Waals surface area contributed by atoms with Gasteiger partial charge in [-0.2, -0.15) is 5.10 Å². The van der Waals surface area contributed by atoms with Crippen LogP contribution in [0.25, 0.3) is 0 Å². The number of aliphatic imine (C=N–C) groups is 1. The van der Waals surface area contributed by atoms with E-state index < -0.39 is 0 Å². The minimum Gasteiger partial charge on any atom is -0.490 e.